The van der Waals surface area contributed by atoms with Crippen LogP contribution in [0.15, 0.2) is 30.5 Å². The fourth-order valence-corrected chi connectivity index (χ4v) is 5.79. The van der Waals surface area contributed by atoms with Gasteiger partial charge in [-0.2, -0.15) is 0 Å². The number of amides is 1. The summed E-state index contributed by atoms with van der Waals surface area (Å²) in [5.74, 6) is 0.702. The Morgan fingerprint density at radius 1 is 1.11 bits per heavy atom. The van der Waals surface area contributed by atoms with Gasteiger partial charge in [0.15, 0.2) is 11.5 Å². The first-order chi connectivity index (χ1) is 16.7. The molecule has 1 aromatic carbocycles. The van der Waals surface area contributed by atoms with Gasteiger partial charge in [0.1, 0.15) is 0 Å². The van der Waals surface area contributed by atoms with Gasteiger partial charge in [-0.3, -0.25) is 9.52 Å². The number of nitrogens with zero attached hydrogens (tertiary/aromatic N) is 5. The Morgan fingerprint density at radius 3 is 2.60 bits per heavy atom. The zero-order valence-electron chi connectivity index (χ0n) is 19.9. The maximum absolute atomic E-state index is 13.7. The van der Waals surface area contributed by atoms with E-state index in [1.54, 1.807) is 11.0 Å². The highest BCUT2D eigenvalue weighted by atomic mass is 35.5. The van der Waals surface area contributed by atoms with Gasteiger partial charge in [0.2, 0.25) is 10.0 Å². The number of piperidine rings is 1. The first kappa shape index (κ1) is 23.9. The van der Waals surface area contributed by atoms with Gasteiger partial charge in [0.25, 0.3) is 5.91 Å². The fourth-order valence-electron chi connectivity index (χ4n) is 5.04. The molecule has 2 saturated heterocycles. The number of hydrogen-bond donors (Lipinski definition) is 1. The third-order valence-electron chi connectivity index (χ3n) is 6.65. The molecule has 1 amide bonds. The average molecular weight is 517 g/mol. The first-order valence-corrected chi connectivity index (χ1v) is 14.2. The third-order valence-corrected chi connectivity index (χ3v) is 7.48. The largest absolute Gasteiger partial charge is 0.355 e. The van der Waals surface area contributed by atoms with Gasteiger partial charge in [0.05, 0.1) is 35.4 Å². The van der Waals surface area contributed by atoms with E-state index in [1.807, 2.05) is 16.8 Å². The van der Waals surface area contributed by atoms with Crippen molar-refractivity contribution in [2.24, 2.45) is 0 Å². The maximum Gasteiger partial charge on any atom is 0.256 e. The minimum atomic E-state index is -3.57. The predicted molar refractivity (Wildman–Crippen MR) is 137 cm³/mol. The Bertz CT molecular complexity index is 1380. The number of nitrogens with one attached hydrogen (secondary N) is 1. The summed E-state index contributed by atoms with van der Waals surface area (Å²) in [5.41, 5.74) is 3.06. The lowest BCUT2D eigenvalue weighted by Crippen LogP contribution is -2.39. The Morgan fingerprint density at radius 2 is 1.86 bits per heavy atom. The lowest BCUT2D eigenvalue weighted by atomic mass is 9.98. The van der Waals surface area contributed by atoms with Crippen LogP contribution in [0.4, 0.5) is 11.5 Å². The molecule has 35 heavy (non-hydrogen) atoms. The Labute approximate surface area is 210 Å². The summed E-state index contributed by atoms with van der Waals surface area (Å²) in [6.45, 7) is 4.62. The normalized spacial score (nSPS) is 18.9. The molecule has 0 saturated carbocycles. The van der Waals surface area contributed by atoms with E-state index in [1.165, 1.54) is 25.0 Å². The number of sulfonamides is 1. The summed E-state index contributed by atoms with van der Waals surface area (Å²) in [6.07, 6.45) is 7.92. The van der Waals surface area contributed by atoms with Crippen molar-refractivity contribution in [3.8, 4) is 0 Å². The van der Waals surface area contributed by atoms with Crippen LogP contribution < -0.4 is 9.62 Å². The van der Waals surface area contributed by atoms with Crippen molar-refractivity contribution in [3.63, 3.8) is 0 Å². The van der Waals surface area contributed by atoms with E-state index in [0.29, 0.717) is 11.6 Å². The van der Waals surface area contributed by atoms with Gasteiger partial charge >= 0.3 is 0 Å². The molecule has 0 unspecified atom stereocenters. The van der Waals surface area contributed by atoms with E-state index in [2.05, 4.69) is 16.5 Å². The molecule has 11 heteroatoms. The smallest absolute Gasteiger partial charge is 0.256 e. The van der Waals surface area contributed by atoms with Crippen LogP contribution in [0, 0.1) is 6.92 Å². The van der Waals surface area contributed by atoms with Crippen LogP contribution in [0.1, 0.15) is 59.8 Å². The lowest BCUT2D eigenvalue weighted by molar-refractivity contribution is 0.0607. The quantitative estimate of drug-likeness (QED) is 0.549. The van der Waals surface area contributed by atoms with Crippen LogP contribution in [0.2, 0.25) is 5.02 Å². The predicted octanol–water partition coefficient (Wildman–Crippen LogP) is 4.03. The number of benzene rings is 1. The monoisotopic (exact) mass is 516 g/mol. The molecule has 1 N–H and O–H groups in total. The number of rotatable bonds is 5. The van der Waals surface area contributed by atoms with Crippen LogP contribution in [0.3, 0.4) is 0 Å². The molecular formula is C24H29ClN6O3S. The van der Waals surface area contributed by atoms with Crippen molar-refractivity contribution in [1.82, 2.24) is 19.5 Å². The summed E-state index contributed by atoms with van der Waals surface area (Å²) >= 11 is 6.19. The molecule has 186 valence electrons. The van der Waals surface area contributed by atoms with E-state index < -0.39 is 10.0 Å². The highest BCUT2D eigenvalue weighted by Crippen LogP contribution is 2.34. The van der Waals surface area contributed by atoms with E-state index in [0.717, 1.165) is 61.3 Å². The Balaban J connectivity index is 1.50. The third kappa shape index (κ3) is 4.95. The standard InChI is InChI=1S/C24H29ClN6O3S/c1-16-13-22-26-20(15-31(22)27-23(16)29-10-5-6-11-29)21-7-3-4-12-30(21)24(32)18-14-17(25)8-9-19(18)28-35(2,33)34/h8-9,13-15,21,28H,3-7,10-12H2,1-2H3/t21-/m0/s1. The van der Waals surface area contributed by atoms with Gasteiger partial charge in [-0.15, -0.1) is 5.10 Å². The van der Waals surface area contributed by atoms with Crippen LogP contribution in [-0.2, 0) is 10.0 Å². The second kappa shape index (κ2) is 9.31. The number of carbonyl (C=O) groups excluding carboxylic acids is 1. The van der Waals surface area contributed by atoms with E-state index in [-0.39, 0.29) is 23.2 Å². The molecule has 0 spiro atoms. The molecule has 9 nitrogen and oxygen atoms in total. The van der Waals surface area contributed by atoms with Crippen LogP contribution in [-0.4, -0.2) is 59.7 Å². The number of aryl methyl sites for hydroxylation is 1. The number of halogens is 1. The first-order valence-electron chi connectivity index (χ1n) is 11.9. The topological polar surface area (TPSA) is 99.9 Å². The number of imidazole rings is 1. The molecule has 0 aliphatic carbocycles. The zero-order valence-corrected chi connectivity index (χ0v) is 21.4. The van der Waals surface area contributed by atoms with Crippen molar-refractivity contribution in [2.75, 3.05) is 35.5 Å². The second-order valence-corrected chi connectivity index (χ2v) is 11.6. The van der Waals surface area contributed by atoms with Crippen LogP contribution >= 0.6 is 11.6 Å². The van der Waals surface area contributed by atoms with Gasteiger partial charge in [-0.05, 0) is 68.9 Å². The maximum atomic E-state index is 13.7. The number of likely N-dealkylation sites (tertiary alicyclic amines) is 1. The molecule has 3 aromatic rings. The van der Waals surface area contributed by atoms with Gasteiger partial charge in [-0.25, -0.2) is 17.9 Å². The molecule has 2 aromatic heterocycles. The molecule has 0 bridgehead atoms. The van der Waals surface area contributed by atoms with Gasteiger partial charge in [-0.1, -0.05) is 11.6 Å². The van der Waals surface area contributed by atoms with E-state index in [9.17, 15) is 13.2 Å². The summed E-state index contributed by atoms with van der Waals surface area (Å²) < 4.78 is 28.0. The summed E-state index contributed by atoms with van der Waals surface area (Å²) in [7, 11) is -3.57. The van der Waals surface area contributed by atoms with Gasteiger partial charge in [0, 0.05) is 24.7 Å². The Kier molecular flexibility index (Phi) is 6.35. The minimum absolute atomic E-state index is 0.216. The summed E-state index contributed by atoms with van der Waals surface area (Å²) in [5, 5.41) is 5.21. The minimum Gasteiger partial charge on any atom is -0.355 e. The number of aromatic nitrogens is 3. The molecule has 2 fully saturated rings. The summed E-state index contributed by atoms with van der Waals surface area (Å²) in [4.78, 5) is 22.6. The van der Waals surface area contributed by atoms with Crippen molar-refractivity contribution < 1.29 is 13.2 Å². The highest BCUT2D eigenvalue weighted by molar-refractivity contribution is 7.92. The van der Waals surface area contributed by atoms with E-state index in [4.69, 9.17) is 21.7 Å². The van der Waals surface area contributed by atoms with Crippen molar-refractivity contribution in [2.45, 2.75) is 45.1 Å². The average Bonchev–Trinajstić information content (AvgIpc) is 3.48. The molecule has 2 aliphatic rings. The summed E-state index contributed by atoms with van der Waals surface area (Å²) in [6, 6.07) is 6.41. The lowest BCUT2D eigenvalue weighted by Gasteiger charge is -2.35. The number of carbonyl (C=O) groups is 1. The molecule has 1 atom stereocenters. The number of hydrogen-bond acceptors (Lipinski definition) is 6. The van der Waals surface area contributed by atoms with Crippen molar-refractivity contribution in [3.05, 3.63) is 52.3 Å². The number of fused-ring (bicyclic) bond motifs is 1. The van der Waals surface area contributed by atoms with Crippen molar-refractivity contribution in [1.29, 1.82) is 0 Å². The Hall–Kier alpha value is -2.85. The highest BCUT2D eigenvalue weighted by Gasteiger charge is 2.32. The molecule has 5 rings (SSSR count). The van der Waals surface area contributed by atoms with E-state index >= 15 is 0 Å². The van der Waals surface area contributed by atoms with Crippen molar-refractivity contribution >= 4 is 44.7 Å². The SMILES string of the molecule is Cc1cc2nc([C@@H]3CCCCN3C(=O)c3cc(Cl)ccc3NS(C)(=O)=O)cn2nc1N1CCCC1. The molecular weight excluding hydrogens is 488 g/mol. The van der Waals surface area contributed by atoms with Crippen LogP contribution in [0.5, 0.6) is 0 Å². The zero-order chi connectivity index (χ0) is 24.7. The molecule has 4 heterocycles. The van der Waals surface area contributed by atoms with Gasteiger partial charge < -0.3 is 9.80 Å². The van der Waals surface area contributed by atoms with Crippen LogP contribution in [0.25, 0.3) is 5.65 Å². The second-order valence-electron chi connectivity index (χ2n) is 9.39. The molecule has 0 radical (unpaired) electrons. The molecule has 2 aliphatic heterocycles. The fraction of sp³-hybridized carbons (Fsp3) is 0.458. The number of anilines is 2.